The van der Waals surface area contributed by atoms with Crippen molar-refractivity contribution in [1.29, 1.82) is 5.26 Å². The molecule has 5 rings (SSSR count). The van der Waals surface area contributed by atoms with E-state index in [1.807, 2.05) is 42.6 Å². The van der Waals surface area contributed by atoms with Crippen molar-refractivity contribution < 1.29 is 0 Å². The molecule has 3 aromatic heterocycles. The number of nitriles is 1. The van der Waals surface area contributed by atoms with Crippen LogP contribution in [0.25, 0.3) is 34.3 Å². The molecule has 1 aliphatic carbocycles. The molecule has 0 radical (unpaired) electrons. The smallest absolute Gasteiger partial charge is 0.312 e. The van der Waals surface area contributed by atoms with E-state index in [0.717, 1.165) is 40.1 Å². The molecule has 0 spiro atoms. The van der Waals surface area contributed by atoms with Crippen LogP contribution in [0.3, 0.4) is 0 Å². The third-order valence-corrected chi connectivity index (χ3v) is 5.22. The van der Waals surface area contributed by atoms with Crippen LogP contribution < -0.4 is 5.69 Å². The Bertz CT molecular complexity index is 1370. The number of allylic oxidation sites excluding steroid dienone is 1. The van der Waals surface area contributed by atoms with Crippen LogP contribution >= 0.6 is 0 Å². The molecule has 0 saturated carbocycles. The summed E-state index contributed by atoms with van der Waals surface area (Å²) in [5, 5.41) is 8.85. The Kier molecular flexibility index (Phi) is 4.34. The fourth-order valence-electron chi connectivity index (χ4n) is 3.70. The van der Waals surface area contributed by atoms with E-state index < -0.39 is 0 Å². The molecule has 0 amide bonds. The maximum atomic E-state index is 12.5. The second-order valence-corrected chi connectivity index (χ2v) is 7.11. The van der Waals surface area contributed by atoms with Gasteiger partial charge in [0, 0.05) is 30.6 Å². The maximum absolute atomic E-state index is 12.5. The summed E-state index contributed by atoms with van der Waals surface area (Å²) in [7, 11) is 0. The monoisotopic (exact) mass is 391 g/mol. The van der Waals surface area contributed by atoms with Crippen molar-refractivity contribution in [1.82, 2.24) is 19.5 Å². The summed E-state index contributed by atoms with van der Waals surface area (Å²) >= 11 is 0. The van der Waals surface area contributed by atoms with Gasteiger partial charge in [-0.3, -0.25) is 14.5 Å². The number of H-pyrrole nitrogens is 1. The number of nitrogens with zero attached hydrogens (tertiary/aromatic N) is 4. The van der Waals surface area contributed by atoms with E-state index in [1.165, 1.54) is 0 Å². The summed E-state index contributed by atoms with van der Waals surface area (Å²) in [5.74, 6) is 0. The average molecular weight is 391 g/mol. The van der Waals surface area contributed by atoms with Crippen molar-refractivity contribution in [2.24, 2.45) is 0 Å². The zero-order valence-corrected chi connectivity index (χ0v) is 16.0. The van der Waals surface area contributed by atoms with Crippen LogP contribution in [-0.2, 0) is 12.8 Å². The normalized spacial score (nSPS) is 12.0. The van der Waals surface area contributed by atoms with Crippen molar-refractivity contribution in [3.8, 4) is 34.3 Å². The number of benzene rings is 1. The van der Waals surface area contributed by atoms with Crippen molar-refractivity contribution in [3.05, 3.63) is 94.4 Å². The Morgan fingerprint density at radius 1 is 1.10 bits per heavy atom. The van der Waals surface area contributed by atoms with Gasteiger partial charge in [0.2, 0.25) is 0 Å². The summed E-state index contributed by atoms with van der Waals surface area (Å²) in [5.41, 5.74) is 6.96. The molecule has 0 saturated heterocycles. The number of rotatable bonds is 4. The summed E-state index contributed by atoms with van der Waals surface area (Å²) in [6.07, 6.45) is 10.7. The van der Waals surface area contributed by atoms with Crippen LogP contribution in [0.1, 0.15) is 16.8 Å². The summed E-state index contributed by atoms with van der Waals surface area (Å²) in [4.78, 5) is 24.3. The third-order valence-electron chi connectivity index (χ3n) is 5.22. The molecule has 6 heteroatoms. The molecule has 30 heavy (non-hydrogen) atoms. The molecule has 144 valence electrons. The number of aromatic amines is 1. The summed E-state index contributed by atoms with van der Waals surface area (Å²) in [6.45, 7) is 0. The lowest BCUT2D eigenvalue weighted by Crippen LogP contribution is -2.15. The van der Waals surface area contributed by atoms with Gasteiger partial charge in [-0.05, 0) is 47.0 Å². The Morgan fingerprint density at radius 3 is 2.80 bits per heavy atom. The third kappa shape index (κ3) is 3.12. The first-order valence-corrected chi connectivity index (χ1v) is 9.62. The quantitative estimate of drug-likeness (QED) is 0.571. The topological polar surface area (TPSA) is 87.4 Å². The van der Waals surface area contributed by atoms with Gasteiger partial charge in [0.15, 0.2) is 0 Å². The number of hydrogen-bond acceptors (Lipinski definition) is 4. The highest BCUT2D eigenvalue weighted by Gasteiger charge is 2.14. The molecule has 0 fully saturated rings. The molecule has 1 aromatic carbocycles. The van der Waals surface area contributed by atoms with E-state index in [9.17, 15) is 4.79 Å². The number of pyridine rings is 2. The molecule has 6 nitrogen and oxygen atoms in total. The second-order valence-electron chi connectivity index (χ2n) is 7.11. The van der Waals surface area contributed by atoms with Crippen molar-refractivity contribution in [2.75, 3.05) is 0 Å². The first kappa shape index (κ1) is 17.8. The Morgan fingerprint density at radius 2 is 1.97 bits per heavy atom. The standard InChI is InChI=1S/C24H17N5O/c25-10-8-16-4-6-20(7-5-16)29-23(15-28-24(29)30)22-13-17(9-11-26-22)19-12-18-2-1-3-21(18)27-14-19/h1-2,4-7,9,11-15H,3,8H2,(H,28,30). The fourth-order valence-corrected chi connectivity index (χ4v) is 3.70. The van der Waals surface area contributed by atoms with Crippen LogP contribution in [0.15, 0.2) is 71.9 Å². The minimum atomic E-state index is -0.241. The van der Waals surface area contributed by atoms with E-state index >= 15 is 0 Å². The van der Waals surface area contributed by atoms with Gasteiger partial charge in [-0.25, -0.2) is 4.79 Å². The van der Waals surface area contributed by atoms with Gasteiger partial charge in [0.25, 0.3) is 0 Å². The largest absolute Gasteiger partial charge is 0.330 e. The lowest BCUT2D eigenvalue weighted by atomic mass is 10.0. The molecular formula is C24H17N5O. The van der Waals surface area contributed by atoms with Gasteiger partial charge in [0.05, 0.1) is 35.3 Å². The van der Waals surface area contributed by atoms with Gasteiger partial charge in [-0.2, -0.15) is 5.26 Å². The molecule has 0 aliphatic heterocycles. The SMILES string of the molecule is N#CCc1ccc(-n2c(-c3cc(-c4cnc5c(c4)C=CC5)ccn3)c[nH]c2=O)cc1. The highest BCUT2D eigenvalue weighted by atomic mass is 16.1. The first-order valence-electron chi connectivity index (χ1n) is 9.62. The molecule has 1 aliphatic rings. The fraction of sp³-hybridized carbons (Fsp3) is 0.0833. The van der Waals surface area contributed by atoms with E-state index in [-0.39, 0.29) is 5.69 Å². The highest BCUT2D eigenvalue weighted by Crippen LogP contribution is 2.28. The van der Waals surface area contributed by atoms with Crippen LogP contribution in [0.2, 0.25) is 0 Å². The van der Waals surface area contributed by atoms with Crippen LogP contribution in [0.5, 0.6) is 0 Å². The van der Waals surface area contributed by atoms with Gasteiger partial charge in [0.1, 0.15) is 0 Å². The number of imidazole rings is 1. The molecular weight excluding hydrogens is 374 g/mol. The number of hydrogen-bond donors (Lipinski definition) is 1. The minimum Gasteiger partial charge on any atom is -0.312 e. The van der Waals surface area contributed by atoms with Crippen LogP contribution in [0, 0.1) is 11.3 Å². The zero-order chi connectivity index (χ0) is 20.5. The Hall–Kier alpha value is -4.24. The average Bonchev–Trinajstić information content (AvgIpc) is 3.40. The number of nitrogens with one attached hydrogen (secondary N) is 1. The van der Waals surface area contributed by atoms with E-state index in [1.54, 1.807) is 17.0 Å². The molecule has 1 N–H and O–H groups in total. The maximum Gasteiger partial charge on any atom is 0.330 e. The van der Waals surface area contributed by atoms with Gasteiger partial charge in [-0.15, -0.1) is 0 Å². The van der Waals surface area contributed by atoms with Crippen molar-refractivity contribution >= 4 is 6.08 Å². The van der Waals surface area contributed by atoms with Crippen LogP contribution in [-0.4, -0.2) is 19.5 Å². The molecule has 0 bridgehead atoms. The summed E-state index contributed by atoms with van der Waals surface area (Å²) < 4.78 is 1.59. The lowest BCUT2D eigenvalue weighted by molar-refractivity contribution is 0.985. The van der Waals surface area contributed by atoms with E-state index in [0.29, 0.717) is 17.8 Å². The predicted molar refractivity (Wildman–Crippen MR) is 115 cm³/mol. The second kappa shape index (κ2) is 7.30. The molecule has 4 aromatic rings. The number of aromatic nitrogens is 4. The number of fused-ring (bicyclic) bond motifs is 1. The van der Waals surface area contributed by atoms with E-state index in [4.69, 9.17) is 5.26 Å². The van der Waals surface area contributed by atoms with Crippen LogP contribution in [0.4, 0.5) is 0 Å². The molecule has 0 unspecified atom stereocenters. The lowest BCUT2D eigenvalue weighted by Gasteiger charge is -2.09. The summed E-state index contributed by atoms with van der Waals surface area (Å²) in [6, 6.07) is 15.6. The Balaban J connectivity index is 1.56. The van der Waals surface area contributed by atoms with Gasteiger partial charge < -0.3 is 4.98 Å². The molecule has 3 heterocycles. The Labute approximate surface area is 172 Å². The highest BCUT2D eigenvalue weighted by molar-refractivity contribution is 5.72. The molecule has 0 atom stereocenters. The van der Waals surface area contributed by atoms with Crippen molar-refractivity contribution in [3.63, 3.8) is 0 Å². The first-order chi connectivity index (χ1) is 14.7. The minimum absolute atomic E-state index is 0.241. The predicted octanol–water partition coefficient (Wildman–Crippen LogP) is 3.92. The van der Waals surface area contributed by atoms with E-state index in [2.05, 4.69) is 39.2 Å². The van der Waals surface area contributed by atoms with Gasteiger partial charge >= 0.3 is 5.69 Å². The van der Waals surface area contributed by atoms with Gasteiger partial charge in [-0.1, -0.05) is 24.3 Å². The van der Waals surface area contributed by atoms with Crippen molar-refractivity contribution in [2.45, 2.75) is 12.8 Å². The zero-order valence-electron chi connectivity index (χ0n) is 16.0.